The summed E-state index contributed by atoms with van der Waals surface area (Å²) in [7, 11) is 1.46. The lowest BCUT2D eigenvalue weighted by Crippen LogP contribution is -2.52. The van der Waals surface area contributed by atoms with E-state index in [9.17, 15) is 14.7 Å². The standard InChI is InChI=1S/C15H27N3O5/c1-10(19)18-5-3-11(4-6-18)17-12-8-23-13(15(12)21)7-16-14(20)9-22-2/h11-13,15,17,21H,3-9H2,1-2H3,(H,16,20)/t12-,13-,15+/m1/s1. The zero-order valence-electron chi connectivity index (χ0n) is 13.8. The summed E-state index contributed by atoms with van der Waals surface area (Å²) in [4.78, 5) is 24.5. The highest BCUT2D eigenvalue weighted by Crippen LogP contribution is 2.17. The van der Waals surface area contributed by atoms with Gasteiger partial charge >= 0.3 is 0 Å². The molecule has 2 saturated heterocycles. The van der Waals surface area contributed by atoms with Crippen molar-refractivity contribution >= 4 is 11.8 Å². The Kier molecular flexibility index (Phi) is 6.76. The lowest BCUT2D eigenvalue weighted by atomic mass is 10.0. The van der Waals surface area contributed by atoms with Gasteiger partial charge in [-0.05, 0) is 12.8 Å². The smallest absolute Gasteiger partial charge is 0.246 e. The number of piperidine rings is 1. The topological polar surface area (TPSA) is 100 Å². The van der Waals surface area contributed by atoms with Crippen molar-refractivity contribution in [3.8, 4) is 0 Å². The average Bonchev–Trinajstić information content (AvgIpc) is 2.87. The predicted molar refractivity (Wildman–Crippen MR) is 82.8 cm³/mol. The lowest BCUT2D eigenvalue weighted by molar-refractivity contribution is -0.130. The van der Waals surface area contributed by atoms with Crippen LogP contribution in [0.5, 0.6) is 0 Å². The Balaban J connectivity index is 1.71. The van der Waals surface area contributed by atoms with Crippen molar-refractivity contribution in [2.75, 3.05) is 40.0 Å². The van der Waals surface area contributed by atoms with Crippen LogP contribution in [-0.4, -0.2) is 86.1 Å². The van der Waals surface area contributed by atoms with Gasteiger partial charge in [-0.25, -0.2) is 0 Å². The van der Waals surface area contributed by atoms with Crippen LogP contribution in [0, 0.1) is 0 Å². The number of aliphatic hydroxyl groups is 1. The molecule has 2 rings (SSSR count). The summed E-state index contributed by atoms with van der Waals surface area (Å²) >= 11 is 0. The van der Waals surface area contributed by atoms with E-state index >= 15 is 0 Å². The quantitative estimate of drug-likeness (QED) is 0.547. The first-order valence-electron chi connectivity index (χ1n) is 8.08. The average molecular weight is 329 g/mol. The molecular formula is C15H27N3O5. The molecule has 3 atom stereocenters. The number of nitrogens with zero attached hydrogens (tertiary/aromatic N) is 1. The van der Waals surface area contributed by atoms with Crippen LogP contribution in [0.15, 0.2) is 0 Å². The molecular weight excluding hydrogens is 302 g/mol. The fourth-order valence-electron chi connectivity index (χ4n) is 3.07. The van der Waals surface area contributed by atoms with Crippen LogP contribution in [0.3, 0.4) is 0 Å². The van der Waals surface area contributed by atoms with Crippen LogP contribution in [0.2, 0.25) is 0 Å². The molecule has 2 amide bonds. The molecule has 23 heavy (non-hydrogen) atoms. The summed E-state index contributed by atoms with van der Waals surface area (Å²) in [5.74, 6) is -0.115. The zero-order chi connectivity index (χ0) is 16.8. The van der Waals surface area contributed by atoms with E-state index < -0.39 is 12.2 Å². The van der Waals surface area contributed by atoms with Crippen molar-refractivity contribution in [1.82, 2.24) is 15.5 Å². The Hall–Kier alpha value is -1.22. The number of aliphatic hydroxyl groups excluding tert-OH is 1. The molecule has 2 aliphatic rings. The highest BCUT2D eigenvalue weighted by Gasteiger charge is 2.37. The van der Waals surface area contributed by atoms with Gasteiger partial charge in [0.05, 0.1) is 18.8 Å². The van der Waals surface area contributed by atoms with Crippen molar-refractivity contribution < 1.29 is 24.2 Å². The minimum atomic E-state index is -0.663. The van der Waals surface area contributed by atoms with Crippen molar-refractivity contribution in [3.63, 3.8) is 0 Å². The number of rotatable bonds is 6. The first-order valence-corrected chi connectivity index (χ1v) is 8.08. The van der Waals surface area contributed by atoms with Gasteiger partial charge in [-0.1, -0.05) is 0 Å². The predicted octanol–water partition coefficient (Wildman–Crippen LogP) is -1.52. The second-order valence-corrected chi connectivity index (χ2v) is 6.15. The number of likely N-dealkylation sites (tertiary alicyclic amines) is 1. The monoisotopic (exact) mass is 329 g/mol. The normalized spacial score (nSPS) is 28.8. The van der Waals surface area contributed by atoms with Crippen LogP contribution >= 0.6 is 0 Å². The number of carbonyl (C=O) groups excluding carboxylic acids is 2. The van der Waals surface area contributed by atoms with E-state index in [2.05, 4.69) is 10.6 Å². The molecule has 0 spiro atoms. The van der Waals surface area contributed by atoms with Crippen molar-refractivity contribution in [3.05, 3.63) is 0 Å². The number of hydrogen-bond donors (Lipinski definition) is 3. The molecule has 8 nitrogen and oxygen atoms in total. The minimum absolute atomic E-state index is 0.000777. The van der Waals surface area contributed by atoms with Gasteiger partial charge in [0, 0.05) is 39.7 Å². The van der Waals surface area contributed by atoms with Crippen molar-refractivity contribution in [2.24, 2.45) is 0 Å². The van der Waals surface area contributed by atoms with E-state index in [0.29, 0.717) is 6.61 Å². The number of hydrogen-bond acceptors (Lipinski definition) is 6. The third-order valence-corrected chi connectivity index (χ3v) is 4.45. The highest BCUT2D eigenvalue weighted by molar-refractivity contribution is 5.77. The molecule has 0 aromatic carbocycles. The first kappa shape index (κ1) is 18.1. The van der Waals surface area contributed by atoms with Crippen molar-refractivity contribution in [2.45, 2.75) is 44.1 Å². The molecule has 2 fully saturated rings. The fraction of sp³-hybridized carbons (Fsp3) is 0.867. The van der Waals surface area contributed by atoms with Gasteiger partial charge in [-0.15, -0.1) is 0 Å². The first-order chi connectivity index (χ1) is 11.0. The Morgan fingerprint density at radius 1 is 1.35 bits per heavy atom. The van der Waals surface area contributed by atoms with E-state index in [1.54, 1.807) is 6.92 Å². The van der Waals surface area contributed by atoms with Crippen LogP contribution in [0.25, 0.3) is 0 Å². The van der Waals surface area contributed by atoms with Crippen LogP contribution in [0.1, 0.15) is 19.8 Å². The molecule has 3 N–H and O–H groups in total. The molecule has 8 heteroatoms. The molecule has 0 aromatic heterocycles. The molecule has 2 heterocycles. The van der Waals surface area contributed by atoms with Crippen LogP contribution in [0.4, 0.5) is 0 Å². The molecule has 0 bridgehead atoms. The molecule has 0 aromatic rings. The van der Waals surface area contributed by atoms with Gasteiger partial charge < -0.3 is 30.1 Å². The number of methoxy groups -OCH3 is 1. The van der Waals surface area contributed by atoms with Gasteiger partial charge in [-0.3, -0.25) is 9.59 Å². The Bertz CT molecular complexity index is 412. The van der Waals surface area contributed by atoms with E-state index in [1.807, 2.05) is 4.90 Å². The summed E-state index contributed by atoms with van der Waals surface area (Å²) in [6.45, 7) is 3.76. The number of amides is 2. The summed E-state index contributed by atoms with van der Waals surface area (Å²) in [5, 5.41) is 16.4. The zero-order valence-corrected chi connectivity index (χ0v) is 13.8. The van der Waals surface area contributed by atoms with Gasteiger partial charge in [0.1, 0.15) is 12.7 Å². The summed E-state index contributed by atoms with van der Waals surface area (Å²) < 4.78 is 10.3. The second-order valence-electron chi connectivity index (χ2n) is 6.15. The maximum Gasteiger partial charge on any atom is 0.246 e. The molecule has 0 radical (unpaired) electrons. The largest absolute Gasteiger partial charge is 0.389 e. The third kappa shape index (κ3) is 5.13. The minimum Gasteiger partial charge on any atom is -0.389 e. The van der Waals surface area contributed by atoms with Gasteiger partial charge in [0.15, 0.2) is 0 Å². The van der Waals surface area contributed by atoms with Crippen molar-refractivity contribution in [1.29, 1.82) is 0 Å². The molecule has 2 aliphatic heterocycles. The number of carbonyl (C=O) groups is 2. The molecule has 0 saturated carbocycles. The maximum absolute atomic E-state index is 11.4. The van der Waals surface area contributed by atoms with Gasteiger partial charge in [-0.2, -0.15) is 0 Å². The molecule has 132 valence electrons. The van der Waals surface area contributed by atoms with Crippen LogP contribution < -0.4 is 10.6 Å². The van der Waals surface area contributed by atoms with E-state index in [0.717, 1.165) is 25.9 Å². The van der Waals surface area contributed by atoms with E-state index in [1.165, 1.54) is 7.11 Å². The molecule has 0 aliphatic carbocycles. The lowest BCUT2D eigenvalue weighted by Gasteiger charge is -2.33. The Morgan fingerprint density at radius 2 is 2.04 bits per heavy atom. The highest BCUT2D eigenvalue weighted by atomic mass is 16.5. The number of ether oxygens (including phenoxy) is 2. The van der Waals surface area contributed by atoms with Gasteiger partial charge in [0.2, 0.25) is 11.8 Å². The number of nitrogens with one attached hydrogen (secondary N) is 2. The van der Waals surface area contributed by atoms with E-state index in [-0.39, 0.29) is 37.0 Å². The summed E-state index contributed by atoms with van der Waals surface area (Å²) in [6, 6.07) is 0.129. The molecule has 0 unspecified atom stereocenters. The van der Waals surface area contributed by atoms with Gasteiger partial charge in [0.25, 0.3) is 0 Å². The second kappa shape index (κ2) is 8.58. The van der Waals surface area contributed by atoms with Crippen LogP contribution in [-0.2, 0) is 19.1 Å². The fourth-order valence-corrected chi connectivity index (χ4v) is 3.07. The summed E-state index contributed by atoms with van der Waals surface area (Å²) in [6.07, 6.45) is 0.671. The Morgan fingerprint density at radius 3 is 2.65 bits per heavy atom. The third-order valence-electron chi connectivity index (χ3n) is 4.45. The Labute approximate surface area is 136 Å². The maximum atomic E-state index is 11.4. The SMILES string of the molecule is COCC(=O)NC[C@H]1OC[C@@H](NC2CCN(C(C)=O)CC2)[C@@H]1O. The summed E-state index contributed by atoms with van der Waals surface area (Å²) in [5.41, 5.74) is 0. The van der Waals surface area contributed by atoms with E-state index in [4.69, 9.17) is 9.47 Å².